The smallest absolute Gasteiger partial charge is 0.139 e. The van der Waals surface area contributed by atoms with Crippen molar-refractivity contribution in [3.05, 3.63) is 36.5 Å². The van der Waals surface area contributed by atoms with Gasteiger partial charge in [0.25, 0.3) is 0 Å². The van der Waals surface area contributed by atoms with Gasteiger partial charge in [-0.25, -0.2) is 4.39 Å². The zero-order valence-electron chi connectivity index (χ0n) is 5.73. The lowest BCUT2D eigenvalue weighted by atomic mass is 10.2. The van der Waals surface area contributed by atoms with E-state index in [-0.39, 0.29) is 5.82 Å². The van der Waals surface area contributed by atoms with Gasteiger partial charge in [0.1, 0.15) is 5.82 Å². The lowest BCUT2D eigenvalue weighted by molar-refractivity contribution is 0.597. The summed E-state index contributed by atoms with van der Waals surface area (Å²) in [6.45, 7) is 3.54. The van der Waals surface area contributed by atoms with Crippen LogP contribution < -0.4 is 0 Å². The van der Waals surface area contributed by atoms with Crippen LogP contribution in [0.3, 0.4) is 0 Å². The van der Waals surface area contributed by atoms with Crippen LogP contribution in [0.5, 0.6) is 0 Å². The molecule has 1 aromatic carbocycles. The van der Waals surface area contributed by atoms with Gasteiger partial charge in [-0.3, -0.25) is 0 Å². The highest BCUT2D eigenvalue weighted by Crippen LogP contribution is 2.20. The van der Waals surface area contributed by atoms with Crippen LogP contribution in [-0.2, 0) is 0 Å². The first-order chi connectivity index (χ1) is 4.75. The molecule has 0 bridgehead atoms. The van der Waals surface area contributed by atoms with Crippen LogP contribution in [0.25, 0.3) is 0 Å². The van der Waals surface area contributed by atoms with Crippen LogP contribution in [0.15, 0.2) is 23.1 Å². The van der Waals surface area contributed by atoms with Gasteiger partial charge in [0, 0.05) is 4.90 Å². The fourth-order valence-corrected chi connectivity index (χ4v) is 1.24. The molecule has 0 saturated carbocycles. The molecule has 0 aliphatic carbocycles. The Morgan fingerprint density at radius 2 is 2.20 bits per heavy atom. The van der Waals surface area contributed by atoms with Crippen molar-refractivity contribution in [1.29, 1.82) is 0 Å². The van der Waals surface area contributed by atoms with E-state index in [0.717, 1.165) is 0 Å². The lowest BCUT2D eigenvalue weighted by Gasteiger charge is -1.99. The lowest BCUT2D eigenvalue weighted by Crippen LogP contribution is -1.83. The molecule has 2 heteroatoms. The molecule has 0 amide bonds. The Labute approximate surface area is 64.4 Å². The summed E-state index contributed by atoms with van der Waals surface area (Å²) in [6.07, 6.45) is 1.85. The van der Waals surface area contributed by atoms with Crippen molar-refractivity contribution in [2.24, 2.45) is 0 Å². The minimum atomic E-state index is -0.199. The monoisotopic (exact) mass is 155 g/mol. The average molecular weight is 155 g/mol. The van der Waals surface area contributed by atoms with Gasteiger partial charge in [-0.1, -0.05) is 12.1 Å². The molecule has 0 aliphatic heterocycles. The minimum Gasteiger partial charge on any atom is -0.205 e. The van der Waals surface area contributed by atoms with E-state index in [1.54, 1.807) is 18.2 Å². The number of benzene rings is 1. The zero-order chi connectivity index (χ0) is 7.56. The van der Waals surface area contributed by atoms with Gasteiger partial charge in [0.05, 0.1) is 0 Å². The number of thioether (sulfide) groups is 1. The first kappa shape index (κ1) is 7.61. The van der Waals surface area contributed by atoms with E-state index in [9.17, 15) is 4.39 Å². The second-order valence-corrected chi connectivity index (χ2v) is 2.78. The standard InChI is InChI=1S/C8H8FS/c1-6-4-3-5-7(10-2)8(6)9/h3-5H,1H2,2H3. The Bertz CT molecular complexity index is 233. The average Bonchev–Trinajstić information content (AvgIpc) is 1.95. The highest BCUT2D eigenvalue weighted by atomic mass is 32.2. The van der Waals surface area contributed by atoms with Crippen molar-refractivity contribution in [2.45, 2.75) is 4.90 Å². The van der Waals surface area contributed by atoms with E-state index >= 15 is 0 Å². The van der Waals surface area contributed by atoms with Crippen molar-refractivity contribution in [3.63, 3.8) is 0 Å². The molecule has 0 N–H and O–H groups in total. The normalized spacial score (nSPS) is 9.90. The number of hydrogen-bond donors (Lipinski definition) is 0. The van der Waals surface area contributed by atoms with E-state index in [2.05, 4.69) is 6.92 Å². The third-order valence-electron chi connectivity index (χ3n) is 1.26. The molecule has 1 aromatic rings. The fraction of sp³-hybridized carbons (Fsp3) is 0.125. The van der Waals surface area contributed by atoms with Crippen molar-refractivity contribution in [2.75, 3.05) is 6.26 Å². The van der Waals surface area contributed by atoms with Crippen molar-refractivity contribution >= 4 is 11.8 Å². The van der Waals surface area contributed by atoms with E-state index in [1.165, 1.54) is 11.8 Å². The molecule has 0 aromatic heterocycles. The minimum absolute atomic E-state index is 0.199. The summed E-state index contributed by atoms with van der Waals surface area (Å²) in [5, 5.41) is 0. The SMILES string of the molecule is [CH2]c1cccc(SC)c1F. The van der Waals surface area contributed by atoms with Gasteiger partial charge in [0.15, 0.2) is 0 Å². The molecule has 0 unspecified atom stereocenters. The van der Waals surface area contributed by atoms with Crippen LogP contribution in [-0.4, -0.2) is 6.26 Å². The highest BCUT2D eigenvalue weighted by Gasteiger charge is 2.01. The number of hydrogen-bond acceptors (Lipinski definition) is 1. The van der Waals surface area contributed by atoms with Crippen LogP contribution in [0, 0.1) is 12.7 Å². The second kappa shape index (κ2) is 3.06. The summed E-state index contributed by atoms with van der Waals surface area (Å²) in [5.74, 6) is -0.199. The molecular formula is C8H8FS. The first-order valence-corrected chi connectivity index (χ1v) is 4.12. The Morgan fingerprint density at radius 3 is 2.70 bits per heavy atom. The van der Waals surface area contributed by atoms with E-state index in [1.807, 2.05) is 6.26 Å². The fourth-order valence-electron chi connectivity index (χ4n) is 0.714. The highest BCUT2D eigenvalue weighted by molar-refractivity contribution is 7.98. The second-order valence-electron chi connectivity index (χ2n) is 1.93. The van der Waals surface area contributed by atoms with Crippen LogP contribution in [0.1, 0.15) is 5.56 Å². The molecule has 1 rings (SSSR count). The van der Waals surface area contributed by atoms with Gasteiger partial charge < -0.3 is 0 Å². The molecule has 0 spiro atoms. The molecule has 0 nitrogen and oxygen atoms in total. The molecule has 10 heavy (non-hydrogen) atoms. The van der Waals surface area contributed by atoms with Crippen molar-refractivity contribution in [3.8, 4) is 0 Å². The molecule has 53 valence electrons. The van der Waals surface area contributed by atoms with Crippen LogP contribution in [0.2, 0.25) is 0 Å². The largest absolute Gasteiger partial charge is 0.205 e. The zero-order valence-corrected chi connectivity index (χ0v) is 6.54. The van der Waals surface area contributed by atoms with E-state index < -0.39 is 0 Å². The maximum atomic E-state index is 12.9. The van der Waals surface area contributed by atoms with Crippen molar-refractivity contribution in [1.82, 2.24) is 0 Å². The predicted octanol–water partition coefficient (Wildman–Crippen LogP) is 2.73. The molecule has 0 saturated heterocycles. The Morgan fingerprint density at radius 1 is 1.50 bits per heavy atom. The summed E-state index contributed by atoms with van der Waals surface area (Å²) < 4.78 is 12.9. The third kappa shape index (κ3) is 1.32. The Hall–Kier alpha value is -0.500. The summed E-state index contributed by atoms with van der Waals surface area (Å²) in [6, 6.07) is 5.21. The molecule has 0 heterocycles. The van der Waals surface area contributed by atoms with E-state index in [4.69, 9.17) is 0 Å². The molecule has 0 fully saturated rings. The van der Waals surface area contributed by atoms with Crippen LogP contribution >= 0.6 is 11.8 Å². The van der Waals surface area contributed by atoms with Crippen LogP contribution in [0.4, 0.5) is 4.39 Å². The Balaban J connectivity index is 3.14. The van der Waals surface area contributed by atoms with Gasteiger partial charge in [-0.15, -0.1) is 11.8 Å². The predicted molar refractivity (Wildman–Crippen MR) is 42.6 cm³/mol. The number of halogens is 1. The maximum Gasteiger partial charge on any atom is 0.139 e. The summed E-state index contributed by atoms with van der Waals surface area (Å²) in [7, 11) is 0. The molecule has 1 radical (unpaired) electrons. The topological polar surface area (TPSA) is 0 Å². The Kier molecular flexibility index (Phi) is 2.33. The first-order valence-electron chi connectivity index (χ1n) is 2.90. The van der Waals surface area contributed by atoms with Crippen molar-refractivity contribution < 1.29 is 4.39 Å². The summed E-state index contributed by atoms with van der Waals surface area (Å²) >= 11 is 1.39. The summed E-state index contributed by atoms with van der Waals surface area (Å²) in [4.78, 5) is 0.660. The van der Waals surface area contributed by atoms with Gasteiger partial charge in [0.2, 0.25) is 0 Å². The van der Waals surface area contributed by atoms with Gasteiger partial charge in [-0.2, -0.15) is 0 Å². The molecule has 0 aliphatic rings. The summed E-state index contributed by atoms with van der Waals surface area (Å²) in [5.41, 5.74) is 0.465. The van der Waals surface area contributed by atoms with Gasteiger partial charge >= 0.3 is 0 Å². The quantitative estimate of drug-likeness (QED) is 0.562. The molecule has 0 atom stereocenters. The number of rotatable bonds is 1. The maximum absolute atomic E-state index is 12.9. The third-order valence-corrected chi connectivity index (χ3v) is 2.02. The van der Waals surface area contributed by atoms with Gasteiger partial charge in [-0.05, 0) is 24.8 Å². The van der Waals surface area contributed by atoms with E-state index in [0.29, 0.717) is 10.5 Å². The molecular weight excluding hydrogens is 147 g/mol.